The van der Waals surface area contributed by atoms with E-state index in [0.717, 1.165) is 25.0 Å². The number of para-hydroxylation sites is 1. The van der Waals surface area contributed by atoms with Gasteiger partial charge in [0.1, 0.15) is 18.2 Å². The van der Waals surface area contributed by atoms with Crippen molar-refractivity contribution >= 4 is 17.8 Å². The molecule has 2 heterocycles. The number of carbonyl (C=O) groups is 1. The summed E-state index contributed by atoms with van der Waals surface area (Å²) in [6.07, 6.45) is 8.57. The molecule has 29 heavy (non-hydrogen) atoms. The molecule has 0 saturated carbocycles. The van der Waals surface area contributed by atoms with Gasteiger partial charge in [-0.15, -0.1) is 0 Å². The molecular weight excluding hydrogens is 372 g/mol. The normalized spacial score (nSPS) is 17.6. The third-order valence-electron chi connectivity index (χ3n) is 4.14. The Morgan fingerprint density at radius 3 is 2.86 bits per heavy atom. The van der Waals surface area contributed by atoms with Crippen LogP contribution in [0.1, 0.15) is 31.9 Å². The lowest BCUT2D eigenvalue weighted by molar-refractivity contribution is -0.198. The summed E-state index contributed by atoms with van der Waals surface area (Å²) in [5.74, 6) is 1.08. The first-order chi connectivity index (χ1) is 14.2. The van der Waals surface area contributed by atoms with Gasteiger partial charge in [0, 0.05) is 19.1 Å². The van der Waals surface area contributed by atoms with Crippen LogP contribution in [0.25, 0.3) is 6.08 Å². The Morgan fingerprint density at radius 2 is 2.14 bits per heavy atom. The van der Waals surface area contributed by atoms with Gasteiger partial charge in [-0.1, -0.05) is 18.2 Å². The first-order valence-electron chi connectivity index (χ1n) is 9.71. The Morgan fingerprint density at radius 1 is 1.28 bits per heavy atom. The quantitative estimate of drug-likeness (QED) is 0.495. The van der Waals surface area contributed by atoms with Crippen molar-refractivity contribution in [2.75, 3.05) is 18.5 Å². The first kappa shape index (κ1) is 20.8. The average Bonchev–Trinajstić information content (AvgIpc) is 2.77. The van der Waals surface area contributed by atoms with Gasteiger partial charge in [-0.3, -0.25) is 9.78 Å². The average molecular weight is 398 g/mol. The minimum atomic E-state index is -0.380. The van der Waals surface area contributed by atoms with E-state index in [1.807, 2.05) is 37.3 Å². The molecule has 3 rings (SSSR count). The second-order valence-corrected chi connectivity index (χ2v) is 6.71. The van der Waals surface area contributed by atoms with Gasteiger partial charge in [0.05, 0.1) is 24.1 Å². The first-order valence-corrected chi connectivity index (χ1v) is 9.71. The van der Waals surface area contributed by atoms with Crippen LogP contribution >= 0.6 is 0 Å². The number of ether oxygens (including phenoxy) is 2. The Hall–Kier alpha value is -2.97. The maximum Gasteiger partial charge on any atom is 0.267 e. The molecule has 2 N–H and O–H groups in total. The molecule has 2 aromatic rings. The van der Waals surface area contributed by atoms with Gasteiger partial charge in [-0.25, -0.2) is 15.3 Å². The third kappa shape index (κ3) is 7.52. The number of hydroxylamine groups is 1. The number of anilines is 1. The van der Waals surface area contributed by atoms with E-state index in [0.29, 0.717) is 24.7 Å². The Kier molecular flexibility index (Phi) is 7.97. The summed E-state index contributed by atoms with van der Waals surface area (Å²) in [7, 11) is 0. The van der Waals surface area contributed by atoms with Gasteiger partial charge in [0.15, 0.2) is 6.29 Å². The van der Waals surface area contributed by atoms with Crippen LogP contribution in [0.5, 0.6) is 5.75 Å². The summed E-state index contributed by atoms with van der Waals surface area (Å²) in [6, 6.07) is 9.69. The van der Waals surface area contributed by atoms with E-state index in [9.17, 15) is 4.79 Å². The highest BCUT2D eigenvalue weighted by atomic mass is 16.8. The molecule has 1 aromatic carbocycles. The minimum absolute atomic E-state index is 0.0517. The highest BCUT2D eigenvalue weighted by Crippen LogP contribution is 2.12. The second-order valence-electron chi connectivity index (χ2n) is 6.71. The van der Waals surface area contributed by atoms with E-state index in [-0.39, 0.29) is 18.2 Å². The van der Waals surface area contributed by atoms with Gasteiger partial charge in [0.25, 0.3) is 5.91 Å². The van der Waals surface area contributed by atoms with Gasteiger partial charge in [-0.05, 0) is 38.0 Å². The lowest BCUT2D eigenvalue weighted by atomic mass is 10.2. The number of carbonyl (C=O) groups excluding carboxylic acids is 1. The molecule has 0 spiro atoms. The summed E-state index contributed by atoms with van der Waals surface area (Å²) in [5, 5.41) is 3.22. The van der Waals surface area contributed by atoms with Crippen molar-refractivity contribution in [3.63, 3.8) is 0 Å². The van der Waals surface area contributed by atoms with Crippen molar-refractivity contribution < 1.29 is 19.1 Å². The molecule has 1 aliphatic rings. The number of amides is 1. The maximum absolute atomic E-state index is 11.8. The number of hydrogen-bond acceptors (Lipinski definition) is 7. The number of benzene rings is 1. The van der Waals surface area contributed by atoms with Crippen molar-refractivity contribution in [1.29, 1.82) is 0 Å². The molecule has 1 aliphatic heterocycles. The van der Waals surface area contributed by atoms with Crippen LogP contribution in [0.4, 0.5) is 5.82 Å². The van der Waals surface area contributed by atoms with Gasteiger partial charge in [-0.2, -0.15) is 0 Å². The van der Waals surface area contributed by atoms with Gasteiger partial charge in [0.2, 0.25) is 0 Å². The van der Waals surface area contributed by atoms with Crippen molar-refractivity contribution in [3.05, 3.63) is 54.5 Å². The Bertz CT molecular complexity index is 777. The van der Waals surface area contributed by atoms with Crippen molar-refractivity contribution in [2.45, 2.75) is 38.5 Å². The van der Waals surface area contributed by atoms with E-state index in [4.69, 9.17) is 14.3 Å². The fourth-order valence-corrected chi connectivity index (χ4v) is 2.65. The highest BCUT2D eigenvalue weighted by molar-refractivity contribution is 5.90. The lowest BCUT2D eigenvalue weighted by Crippen LogP contribution is -2.32. The fourth-order valence-electron chi connectivity index (χ4n) is 2.65. The highest BCUT2D eigenvalue weighted by Gasteiger charge is 2.14. The summed E-state index contributed by atoms with van der Waals surface area (Å²) in [5.41, 5.74) is 2.93. The summed E-state index contributed by atoms with van der Waals surface area (Å²) in [6.45, 7) is 3.15. The van der Waals surface area contributed by atoms with Crippen LogP contribution in [0.3, 0.4) is 0 Å². The second kappa shape index (κ2) is 11.1. The number of nitrogens with zero attached hydrogens (tertiary/aromatic N) is 2. The zero-order chi connectivity index (χ0) is 20.3. The Labute approximate surface area is 170 Å². The molecule has 1 amide bonds. The maximum atomic E-state index is 11.8. The molecule has 0 radical (unpaired) electrons. The SMILES string of the molecule is C[C@H](COc1ccccc1)Nc1cnc(/C=C/C(=O)NOC2CCCCO2)cn1. The molecule has 154 valence electrons. The topological polar surface area (TPSA) is 94.6 Å². The minimum Gasteiger partial charge on any atom is -0.491 e. The third-order valence-corrected chi connectivity index (χ3v) is 4.14. The Balaban J connectivity index is 1.39. The van der Waals surface area contributed by atoms with E-state index < -0.39 is 0 Å². The molecule has 8 heteroatoms. The molecule has 1 aromatic heterocycles. The summed E-state index contributed by atoms with van der Waals surface area (Å²) >= 11 is 0. The van der Waals surface area contributed by atoms with Gasteiger partial charge >= 0.3 is 0 Å². The van der Waals surface area contributed by atoms with Crippen molar-refractivity contribution in [3.8, 4) is 5.75 Å². The standard InChI is InChI=1S/C21H26N4O4/c1-16(15-28-18-7-3-2-4-8-18)24-19-14-22-17(13-23-19)10-11-20(26)25-29-21-9-5-6-12-27-21/h2-4,7-8,10-11,13-14,16,21H,5-6,9,12,15H2,1H3,(H,23,24)(H,25,26)/b11-10+/t16-,21?/m1/s1. The zero-order valence-electron chi connectivity index (χ0n) is 16.4. The van der Waals surface area contributed by atoms with Crippen LogP contribution in [0, 0.1) is 0 Å². The summed E-state index contributed by atoms with van der Waals surface area (Å²) < 4.78 is 11.1. The predicted octanol–water partition coefficient (Wildman–Crippen LogP) is 2.94. The number of rotatable bonds is 9. The largest absolute Gasteiger partial charge is 0.491 e. The predicted molar refractivity (Wildman–Crippen MR) is 109 cm³/mol. The molecule has 1 unspecified atom stereocenters. The molecule has 1 saturated heterocycles. The smallest absolute Gasteiger partial charge is 0.267 e. The fraction of sp³-hybridized carbons (Fsp3) is 0.381. The zero-order valence-corrected chi connectivity index (χ0v) is 16.4. The molecule has 0 bridgehead atoms. The lowest BCUT2D eigenvalue weighted by Gasteiger charge is -2.21. The van der Waals surface area contributed by atoms with Crippen molar-refractivity contribution in [1.82, 2.24) is 15.4 Å². The number of hydrogen-bond donors (Lipinski definition) is 2. The molecule has 1 fully saturated rings. The van der Waals surface area contributed by atoms with E-state index >= 15 is 0 Å². The van der Waals surface area contributed by atoms with Crippen LogP contribution < -0.4 is 15.5 Å². The number of aromatic nitrogens is 2. The molecule has 0 aliphatic carbocycles. The molecular formula is C21H26N4O4. The van der Waals surface area contributed by atoms with Crippen LogP contribution in [0.15, 0.2) is 48.8 Å². The van der Waals surface area contributed by atoms with E-state index in [1.54, 1.807) is 18.5 Å². The van der Waals surface area contributed by atoms with E-state index in [1.165, 1.54) is 6.08 Å². The van der Waals surface area contributed by atoms with Crippen LogP contribution in [0.2, 0.25) is 0 Å². The van der Waals surface area contributed by atoms with E-state index in [2.05, 4.69) is 20.8 Å². The monoisotopic (exact) mass is 398 g/mol. The van der Waals surface area contributed by atoms with Crippen LogP contribution in [-0.2, 0) is 14.4 Å². The van der Waals surface area contributed by atoms with Gasteiger partial charge < -0.3 is 14.8 Å². The molecule has 2 atom stereocenters. The van der Waals surface area contributed by atoms with Crippen LogP contribution in [-0.4, -0.2) is 41.4 Å². The van der Waals surface area contributed by atoms with Crippen molar-refractivity contribution in [2.24, 2.45) is 0 Å². The molecule has 8 nitrogen and oxygen atoms in total. The number of nitrogens with one attached hydrogen (secondary N) is 2. The summed E-state index contributed by atoms with van der Waals surface area (Å²) in [4.78, 5) is 25.6.